The molecular formula is C20H60Na4O28P8. The summed E-state index contributed by atoms with van der Waals surface area (Å²) in [6, 6.07) is 0. The van der Waals surface area contributed by atoms with Gasteiger partial charge in [0.1, 0.15) is 0 Å². The first kappa shape index (κ1) is 82.0. The van der Waals surface area contributed by atoms with Gasteiger partial charge in [-0.15, -0.1) is 0 Å². The van der Waals surface area contributed by atoms with Crippen LogP contribution < -0.4 is 0 Å². The van der Waals surface area contributed by atoms with Crippen molar-refractivity contribution in [2.45, 2.75) is 101 Å². The van der Waals surface area contributed by atoms with Crippen LogP contribution in [0.25, 0.3) is 0 Å². The third-order valence-corrected chi connectivity index (χ3v) is 19.5. The first-order valence-electron chi connectivity index (χ1n) is 15.7. The van der Waals surface area contributed by atoms with E-state index in [1.165, 1.54) is 0 Å². The third kappa shape index (κ3) is 40.9. The van der Waals surface area contributed by atoms with Gasteiger partial charge in [0.05, 0.1) is 26.4 Å². The molecular weight excluding hydrogens is 1030 g/mol. The second-order valence-corrected chi connectivity index (χ2v) is 26.5. The monoisotopic (exact) mass is 1090 g/mol. The van der Waals surface area contributed by atoms with E-state index in [9.17, 15) is 36.5 Å². The van der Waals surface area contributed by atoms with Crippen LogP contribution in [0.3, 0.4) is 0 Å². The predicted octanol–water partition coefficient (Wildman–Crippen LogP) is -0.826. The Bertz CT molecular complexity index is 1270. The fraction of sp³-hybridized carbons (Fsp3) is 1.00. The van der Waals surface area contributed by atoms with Crippen molar-refractivity contribution in [3.8, 4) is 0 Å². The molecule has 0 saturated carbocycles. The zero-order valence-electron chi connectivity index (χ0n) is 30.4. The Labute approximate surface area is 435 Å². The Balaban J connectivity index is -0.0000000980. The van der Waals surface area contributed by atoms with E-state index < -0.39 is 83.1 Å². The summed E-state index contributed by atoms with van der Waals surface area (Å²) in [7, 11) is -38.6. The molecule has 28 nitrogen and oxygen atoms in total. The first-order chi connectivity index (χ1) is 24.9. The van der Waals surface area contributed by atoms with Crippen LogP contribution in [0, 0.1) is 0 Å². The molecule has 0 aliphatic carbocycles. The van der Waals surface area contributed by atoms with Crippen molar-refractivity contribution >= 4 is 179 Å². The van der Waals surface area contributed by atoms with Crippen molar-refractivity contribution in [3.05, 3.63) is 0 Å². The second kappa shape index (κ2) is 38.8. The van der Waals surface area contributed by atoms with E-state index in [0.29, 0.717) is 51.4 Å². The molecule has 40 heteroatoms. The molecule has 16 N–H and O–H groups in total. The van der Waals surface area contributed by atoms with Gasteiger partial charge >= 0.3 is 179 Å². The number of unbranched alkanes of at least 4 members (excludes halogenated alkanes) is 4. The van der Waals surface area contributed by atoms with Crippen LogP contribution in [0.5, 0.6) is 0 Å². The van der Waals surface area contributed by atoms with E-state index in [4.69, 9.17) is 79.1 Å². The minimum atomic E-state index is -5.01. The van der Waals surface area contributed by atoms with Crippen LogP contribution in [-0.4, -0.2) is 246 Å². The fourth-order valence-electron chi connectivity index (χ4n) is 2.39. The molecule has 0 amide bonds. The van der Waals surface area contributed by atoms with E-state index in [1.807, 2.05) is 27.7 Å². The van der Waals surface area contributed by atoms with E-state index in [0.717, 1.165) is 0 Å². The molecule has 0 fully saturated rings. The molecule has 0 aliphatic rings. The van der Waals surface area contributed by atoms with Gasteiger partial charge in [-0.25, -0.2) is 0 Å². The molecule has 0 radical (unpaired) electrons. The Morgan fingerprint density at radius 1 is 0.317 bits per heavy atom. The minimum absolute atomic E-state index is 0. The van der Waals surface area contributed by atoms with Crippen molar-refractivity contribution in [2.75, 3.05) is 26.4 Å². The molecule has 60 heavy (non-hydrogen) atoms. The summed E-state index contributed by atoms with van der Waals surface area (Å²) >= 11 is 0. The van der Waals surface area contributed by atoms with Gasteiger partial charge in [-0.05, 0) is 25.7 Å². The SMILES string of the molecule is CCCCOP(=O)(O)C(O)P(=O)(O)O.CCCCOP(=O)(O)C(O)P(=O)(O)O.CCCCOP(=O)(O)C(O)P(=O)(O)O.CCCCOP(=O)(O)C(O)P(=O)(O)O.[NaH].[NaH].[NaH].[NaH]. The Morgan fingerprint density at radius 3 is 0.517 bits per heavy atom. The Hall–Kier alpha value is 5.04. The average molecular weight is 1090 g/mol. The number of hydrogen-bond donors (Lipinski definition) is 16. The summed E-state index contributed by atoms with van der Waals surface area (Å²) in [6.07, 6.45) is 4.68. The zero-order chi connectivity index (χ0) is 45.6. The van der Waals surface area contributed by atoms with Crippen molar-refractivity contribution in [1.82, 2.24) is 0 Å². The maximum absolute atomic E-state index is 11.0. The number of rotatable bonds is 24. The van der Waals surface area contributed by atoms with Crippen LogP contribution in [0.1, 0.15) is 79.1 Å². The number of hydrogen-bond acceptors (Lipinski definition) is 16. The summed E-state index contributed by atoms with van der Waals surface area (Å²) < 4.78 is 103. The topological polar surface area (TPSA) is 497 Å². The molecule has 0 bridgehead atoms. The number of aliphatic hydroxyl groups is 4. The third-order valence-electron chi connectivity index (χ3n) is 5.47. The van der Waals surface area contributed by atoms with Gasteiger partial charge in [0.2, 0.25) is 0 Å². The zero-order valence-corrected chi connectivity index (χ0v) is 37.6. The summed E-state index contributed by atoms with van der Waals surface area (Å²) in [4.78, 5) is 103. The summed E-state index contributed by atoms with van der Waals surface area (Å²) in [5.74, 6) is 0. The second-order valence-electron chi connectivity index (χ2n) is 10.7. The van der Waals surface area contributed by atoms with Crippen molar-refractivity contribution in [2.24, 2.45) is 0 Å². The average Bonchev–Trinajstić information content (AvgIpc) is 3.02. The normalized spacial score (nSPS) is 17.7. The van der Waals surface area contributed by atoms with Gasteiger partial charge in [-0.2, -0.15) is 0 Å². The predicted molar refractivity (Wildman–Crippen MR) is 224 cm³/mol. The molecule has 8 unspecified atom stereocenters. The van der Waals surface area contributed by atoms with Crippen LogP contribution in [0.15, 0.2) is 0 Å². The molecule has 0 aliphatic heterocycles. The molecule has 8 atom stereocenters. The van der Waals surface area contributed by atoms with Crippen LogP contribution in [0.2, 0.25) is 0 Å². The van der Waals surface area contributed by atoms with Crippen LogP contribution >= 0.6 is 60.8 Å². The van der Waals surface area contributed by atoms with E-state index >= 15 is 0 Å². The van der Waals surface area contributed by atoms with E-state index in [1.54, 1.807) is 0 Å². The molecule has 352 valence electrons. The molecule has 0 aromatic heterocycles. The summed E-state index contributed by atoms with van der Waals surface area (Å²) in [6.45, 7) is 6.75. The van der Waals surface area contributed by atoms with Crippen LogP contribution in [0.4, 0.5) is 0 Å². The van der Waals surface area contributed by atoms with Crippen molar-refractivity contribution < 1.29 is 134 Å². The van der Waals surface area contributed by atoms with Gasteiger partial charge < -0.3 is 97.2 Å². The Kier molecular flexibility index (Phi) is 52.9. The van der Waals surface area contributed by atoms with Gasteiger partial charge in [0, 0.05) is 0 Å². The first-order valence-corrected chi connectivity index (χ1v) is 29.0. The van der Waals surface area contributed by atoms with Gasteiger partial charge in [-0.1, -0.05) is 53.4 Å². The summed E-state index contributed by atoms with van der Waals surface area (Å²) in [5, 5.41) is 35.2. The van der Waals surface area contributed by atoms with Crippen LogP contribution in [-0.2, 0) is 54.6 Å². The van der Waals surface area contributed by atoms with Gasteiger partial charge in [0.15, 0.2) is 0 Å². The van der Waals surface area contributed by atoms with Gasteiger partial charge in [-0.3, -0.25) is 36.5 Å². The molecule has 0 rings (SSSR count). The van der Waals surface area contributed by atoms with Crippen molar-refractivity contribution in [1.29, 1.82) is 0 Å². The summed E-state index contributed by atoms with van der Waals surface area (Å²) in [5.41, 5.74) is -10.6. The molecule has 0 aromatic rings. The van der Waals surface area contributed by atoms with E-state index in [-0.39, 0.29) is 145 Å². The van der Waals surface area contributed by atoms with Crippen molar-refractivity contribution in [3.63, 3.8) is 0 Å². The fourth-order valence-corrected chi connectivity index (χ4v) is 11.4. The Morgan fingerprint density at radius 2 is 0.433 bits per heavy atom. The molecule has 0 spiro atoms. The number of aliphatic hydroxyl groups excluding tert-OH is 4. The maximum atomic E-state index is 11.0. The van der Waals surface area contributed by atoms with E-state index in [2.05, 4.69) is 18.1 Å². The quantitative estimate of drug-likeness (QED) is 0.0319. The molecule has 0 heterocycles. The molecule has 0 saturated heterocycles. The van der Waals surface area contributed by atoms with Gasteiger partial charge in [0.25, 0.3) is 22.3 Å². The standard InChI is InChI=1S/4C5H14O7P2.4Na.4H/c4*1-2-3-4-12-14(10,11)5(6)13(7,8)9;;;;;;;;/h4*5-6H,2-4H2,1H3,(H,10,11)(H2,7,8,9);;;;;;;;. The molecule has 0 aromatic carbocycles.